The van der Waals surface area contributed by atoms with Crippen molar-refractivity contribution in [2.45, 2.75) is 12.3 Å². The van der Waals surface area contributed by atoms with Gasteiger partial charge in [-0.05, 0) is 112 Å². The maximum Gasteiger partial charge on any atom is 0.0713 e. The molecule has 2 heteroatoms. The summed E-state index contributed by atoms with van der Waals surface area (Å²) in [7, 11) is 0. The average Bonchev–Trinajstić information content (AvgIpc) is 3.59. The molecule has 0 fully saturated rings. The van der Waals surface area contributed by atoms with Gasteiger partial charge in [-0.2, -0.15) is 0 Å². The third-order valence-electron chi connectivity index (χ3n) is 11.9. The van der Waals surface area contributed by atoms with Crippen molar-refractivity contribution in [2.24, 2.45) is 0 Å². The number of benzene rings is 9. The van der Waals surface area contributed by atoms with Crippen LogP contribution in [0.3, 0.4) is 0 Å². The smallest absolute Gasteiger partial charge is 0.0713 e. The zero-order valence-corrected chi connectivity index (χ0v) is 32.5. The Morgan fingerprint density at radius 1 is 0.397 bits per heavy atom. The molecule has 0 amide bonds. The highest BCUT2D eigenvalue weighted by Crippen LogP contribution is 2.56. The lowest BCUT2D eigenvalue weighted by molar-refractivity contribution is 0.768. The van der Waals surface area contributed by atoms with E-state index in [2.05, 4.69) is 242 Å². The minimum absolute atomic E-state index is 0.547. The fourth-order valence-electron chi connectivity index (χ4n) is 9.28. The summed E-state index contributed by atoms with van der Waals surface area (Å²) in [6.45, 7) is 6.36. The molecule has 0 aromatic heterocycles. The molecule has 276 valence electrons. The largest absolute Gasteiger partial charge is 0.310 e. The minimum atomic E-state index is -0.547. The Kier molecular flexibility index (Phi) is 8.81. The van der Waals surface area contributed by atoms with Gasteiger partial charge in [0.15, 0.2) is 0 Å². The predicted octanol–water partition coefficient (Wildman–Crippen LogP) is 15.1. The number of para-hydroxylation sites is 2. The molecule has 0 unspecified atom stereocenters. The van der Waals surface area contributed by atoms with Gasteiger partial charge < -0.3 is 9.80 Å². The van der Waals surface area contributed by atoms with Crippen molar-refractivity contribution in [2.75, 3.05) is 9.80 Å². The van der Waals surface area contributed by atoms with Crippen LogP contribution in [0, 0.1) is 6.92 Å². The Morgan fingerprint density at radius 3 is 1.40 bits per heavy atom. The molecule has 0 bridgehead atoms. The molecule has 0 radical (unpaired) electrons. The molecule has 58 heavy (non-hydrogen) atoms. The predicted molar refractivity (Wildman–Crippen MR) is 245 cm³/mol. The monoisotopic (exact) mass is 742 g/mol. The van der Waals surface area contributed by atoms with E-state index in [0.29, 0.717) is 0 Å². The molecule has 10 rings (SSSR count). The average molecular weight is 743 g/mol. The first-order chi connectivity index (χ1) is 28.7. The van der Waals surface area contributed by atoms with Gasteiger partial charge in [0.2, 0.25) is 0 Å². The fourth-order valence-corrected chi connectivity index (χ4v) is 9.28. The van der Waals surface area contributed by atoms with Crippen LogP contribution in [0.1, 0.15) is 33.4 Å². The standard InChI is InChI=1S/C56H42N2/c1-3-48-40(2)18-16-30-54(48)57(44-21-6-4-7-22-44)46-36-32-42(33-37-46)56(52-28-14-12-26-50(52)51-27-13-15-29-53(51)56)43-34-38-47(39-35-43)58(45-23-8-5-9-24-45)55-31-17-20-41-19-10-11-25-49(41)55/h3-39H,1H2,2H3. The summed E-state index contributed by atoms with van der Waals surface area (Å²) in [4.78, 5) is 4.72. The van der Waals surface area contributed by atoms with Gasteiger partial charge in [0.1, 0.15) is 0 Å². The molecular formula is C56H42N2. The number of hydrogen-bond donors (Lipinski definition) is 0. The second kappa shape index (κ2) is 14.6. The topological polar surface area (TPSA) is 6.48 Å². The molecule has 0 N–H and O–H groups in total. The van der Waals surface area contributed by atoms with Gasteiger partial charge in [0, 0.05) is 33.7 Å². The first kappa shape index (κ1) is 35.0. The highest BCUT2D eigenvalue weighted by Gasteiger charge is 2.46. The summed E-state index contributed by atoms with van der Waals surface area (Å²) in [6.07, 6.45) is 1.97. The lowest BCUT2D eigenvalue weighted by Crippen LogP contribution is -2.28. The van der Waals surface area contributed by atoms with E-state index in [1.165, 1.54) is 49.7 Å². The molecule has 0 saturated heterocycles. The van der Waals surface area contributed by atoms with Crippen molar-refractivity contribution in [1.82, 2.24) is 0 Å². The molecular weight excluding hydrogens is 701 g/mol. The molecule has 0 heterocycles. The normalized spacial score (nSPS) is 12.4. The van der Waals surface area contributed by atoms with Crippen LogP contribution in [-0.2, 0) is 5.41 Å². The Balaban J connectivity index is 1.16. The molecule has 0 spiro atoms. The van der Waals surface area contributed by atoms with Gasteiger partial charge in [-0.15, -0.1) is 0 Å². The maximum absolute atomic E-state index is 4.21. The molecule has 0 aliphatic heterocycles. The molecule has 2 nitrogen and oxygen atoms in total. The van der Waals surface area contributed by atoms with Crippen LogP contribution < -0.4 is 9.80 Å². The maximum atomic E-state index is 4.21. The molecule has 0 saturated carbocycles. The highest BCUT2D eigenvalue weighted by molar-refractivity contribution is 5.99. The van der Waals surface area contributed by atoms with E-state index in [1.807, 2.05) is 6.08 Å². The first-order valence-corrected chi connectivity index (χ1v) is 20.0. The van der Waals surface area contributed by atoms with Crippen molar-refractivity contribution in [3.05, 3.63) is 258 Å². The molecule has 9 aromatic rings. The summed E-state index contributed by atoms with van der Waals surface area (Å²) < 4.78 is 0. The van der Waals surface area contributed by atoms with Crippen molar-refractivity contribution in [1.29, 1.82) is 0 Å². The zero-order valence-electron chi connectivity index (χ0n) is 32.5. The second-order valence-electron chi connectivity index (χ2n) is 15.0. The number of aryl methyl sites for hydroxylation is 1. The van der Waals surface area contributed by atoms with Gasteiger partial charge in [-0.25, -0.2) is 0 Å². The van der Waals surface area contributed by atoms with Crippen LogP contribution in [0.25, 0.3) is 28.0 Å². The number of anilines is 6. The first-order valence-electron chi connectivity index (χ1n) is 20.0. The van der Waals surface area contributed by atoms with Gasteiger partial charge >= 0.3 is 0 Å². The summed E-state index contributed by atoms with van der Waals surface area (Å²) in [5.41, 5.74) is 16.0. The molecule has 0 atom stereocenters. The van der Waals surface area contributed by atoms with E-state index in [4.69, 9.17) is 0 Å². The van der Waals surface area contributed by atoms with Crippen LogP contribution in [-0.4, -0.2) is 0 Å². The fraction of sp³-hybridized carbons (Fsp3) is 0.0357. The number of hydrogen-bond acceptors (Lipinski definition) is 2. The molecule has 1 aliphatic rings. The van der Waals surface area contributed by atoms with Gasteiger partial charge in [0.25, 0.3) is 0 Å². The highest BCUT2D eigenvalue weighted by atomic mass is 15.1. The Morgan fingerprint density at radius 2 is 0.828 bits per heavy atom. The van der Waals surface area contributed by atoms with Crippen LogP contribution >= 0.6 is 0 Å². The van der Waals surface area contributed by atoms with Crippen LogP contribution in [0.2, 0.25) is 0 Å². The van der Waals surface area contributed by atoms with E-state index < -0.39 is 5.41 Å². The number of rotatable bonds is 9. The number of nitrogens with zero attached hydrogens (tertiary/aromatic N) is 2. The van der Waals surface area contributed by atoms with Crippen molar-refractivity contribution < 1.29 is 0 Å². The van der Waals surface area contributed by atoms with E-state index in [0.717, 1.165) is 39.7 Å². The van der Waals surface area contributed by atoms with E-state index in [1.54, 1.807) is 0 Å². The van der Waals surface area contributed by atoms with Crippen LogP contribution in [0.4, 0.5) is 34.1 Å². The van der Waals surface area contributed by atoms with Crippen molar-refractivity contribution in [3.8, 4) is 11.1 Å². The lowest BCUT2D eigenvalue weighted by Gasteiger charge is -2.35. The quantitative estimate of drug-likeness (QED) is 0.145. The second-order valence-corrected chi connectivity index (χ2v) is 15.0. The zero-order chi connectivity index (χ0) is 39.1. The number of fused-ring (bicyclic) bond motifs is 4. The van der Waals surface area contributed by atoms with Gasteiger partial charge in [-0.3, -0.25) is 0 Å². The van der Waals surface area contributed by atoms with Crippen LogP contribution in [0.5, 0.6) is 0 Å². The van der Waals surface area contributed by atoms with E-state index in [-0.39, 0.29) is 0 Å². The molecule has 1 aliphatic carbocycles. The van der Waals surface area contributed by atoms with E-state index in [9.17, 15) is 0 Å². The molecule has 9 aromatic carbocycles. The van der Waals surface area contributed by atoms with Gasteiger partial charge in [0.05, 0.1) is 16.8 Å². The SMILES string of the molecule is C=Cc1c(C)cccc1N(c1ccccc1)c1ccc(C2(c3ccc(N(c4ccccc4)c4cccc5ccccc45)cc3)c3ccccc3-c3ccccc32)cc1. The summed E-state index contributed by atoms with van der Waals surface area (Å²) in [5.74, 6) is 0. The third-order valence-corrected chi connectivity index (χ3v) is 11.9. The Hall–Kier alpha value is -7.42. The third kappa shape index (κ3) is 5.64. The van der Waals surface area contributed by atoms with E-state index >= 15 is 0 Å². The van der Waals surface area contributed by atoms with Crippen molar-refractivity contribution >= 4 is 51.0 Å². The van der Waals surface area contributed by atoms with Gasteiger partial charge in [-0.1, -0.05) is 170 Å². The van der Waals surface area contributed by atoms with Crippen molar-refractivity contribution in [3.63, 3.8) is 0 Å². The summed E-state index contributed by atoms with van der Waals surface area (Å²) in [6, 6.07) is 79.4. The minimum Gasteiger partial charge on any atom is -0.310 e. The summed E-state index contributed by atoms with van der Waals surface area (Å²) >= 11 is 0. The Bertz CT molecular complexity index is 2860. The van der Waals surface area contributed by atoms with Crippen LogP contribution in [0.15, 0.2) is 225 Å². The summed E-state index contributed by atoms with van der Waals surface area (Å²) in [5, 5.41) is 2.43. The Labute approximate surface area is 341 Å². The lowest BCUT2D eigenvalue weighted by atomic mass is 9.67.